The first kappa shape index (κ1) is 18.9. The van der Waals surface area contributed by atoms with E-state index in [0.29, 0.717) is 18.2 Å². The molecule has 0 unspecified atom stereocenters. The number of nitrogens with one attached hydrogen (secondary N) is 3. The first-order valence-corrected chi connectivity index (χ1v) is 8.72. The molecule has 6 nitrogen and oxygen atoms in total. The van der Waals surface area contributed by atoms with Gasteiger partial charge in [-0.15, -0.1) is 11.3 Å². The monoisotopic (exact) mass is 363 g/mol. The van der Waals surface area contributed by atoms with Crippen molar-refractivity contribution < 1.29 is 9.18 Å². The van der Waals surface area contributed by atoms with Crippen LogP contribution < -0.4 is 16.0 Å². The molecule has 1 aromatic heterocycles. The van der Waals surface area contributed by atoms with E-state index in [1.807, 2.05) is 6.92 Å². The van der Waals surface area contributed by atoms with E-state index >= 15 is 0 Å². The normalized spacial score (nSPS) is 11.3. The molecule has 1 amide bonds. The molecule has 0 saturated heterocycles. The lowest BCUT2D eigenvalue weighted by molar-refractivity contribution is -0.115. The minimum absolute atomic E-state index is 0.0334. The van der Waals surface area contributed by atoms with Gasteiger partial charge in [-0.25, -0.2) is 9.37 Å². The van der Waals surface area contributed by atoms with Crippen LogP contribution >= 0.6 is 11.3 Å². The molecule has 0 saturated carbocycles. The molecule has 3 N–H and O–H groups in total. The molecule has 0 aliphatic carbocycles. The van der Waals surface area contributed by atoms with Gasteiger partial charge in [0, 0.05) is 30.6 Å². The lowest BCUT2D eigenvalue weighted by Crippen LogP contribution is -2.42. The van der Waals surface area contributed by atoms with Gasteiger partial charge < -0.3 is 16.0 Å². The maximum Gasteiger partial charge on any atom is 0.243 e. The Morgan fingerprint density at radius 3 is 2.76 bits per heavy atom. The van der Waals surface area contributed by atoms with Crippen LogP contribution in [0.25, 0.3) is 0 Å². The fourth-order valence-corrected chi connectivity index (χ4v) is 3.02. The smallest absolute Gasteiger partial charge is 0.243 e. The third kappa shape index (κ3) is 6.15. The van der Waals surface area contributed by atoms with Gasteiger partial charge in [-0.3, -0.25) is 9.79 Å². The minimum atomic E-state index is -0.393. The molecule has 0 bridgehead atoms. The quantitative estimate of drug-likeness (QED) is 0.543. The highest BCUT2D eigenvalue weighted by molar-refractivity contribution is 7.11. The van der Waals surface area contributed by atoms with Crippen LogP contribution in [0.2, 0.25) is 0 Å². The number of hydrogen-bond acceptors (Lipinski definition) is 4. The molecule has 2 aromatic rings. The number of rotatable bonds is 6. The Kier molecular flexibility index (Phi) is 6.88. The Morgan fingerprint density at radius 1 is 1.32 bits per heavy atom. The lowest BCUT2D eigenvalue weighted by Gasteiger charge is -2.11. The van der Waals surface area contributed by atoms with Crippen LogP contribution in [0.4, 0.5) is 10.1 Å². The van der Waals surface area contributed by atoms with E-state index < -0.39 is 5.82 Å². The number of halogens is 1. The number of aromatic nitrogens is 1. The molecule has 0 aliphatic heterocycles. The van der Waals surface area contributed by atoms with Crippen molar-refractivity contribution >= 4 is 28.9 Å². The molecule has 0 spiro atoms. The van der Waals surface area contributed by atoms with Crippen molar-refractivity contribution in [3.05, 3.63) is 45.7 Å². The summed E-state index contributed by atoms with van der Waals surface area (Å²) >= 11 is 1.69. The standard InChI is InChI=1S/C17H22FN5OS/c1-11-12(2)25-16(22-11)7-8-20-17(19-3)21-10-15(24)23-14-6-4-5-13(18)9-14/h4-6,9H,7-8,10H2,1-3H3,(H,23,24)(H2,19,20,21). The van der Waals surface area contributed by atoms with Gasteiger partial charge in [0.15, 0.2) is 5.96 Å². The van der Waals surface area contributed by atoms with E-state index in [1.54, 1.807) is 30.5 Å². The van der Waals surface area contributed by atoms with Crippen molar-refractivity contribution in [1.29, 1.82) is 0 Å². The fourth-order valence-electron chi connectivity index (χ4n) is 2.09. The van der Waals surface area contributed by atoms with E-state index in [4.69, 9.17) is 0 Å². The first-order valence-electron chi connectivity index (χ1n) is 7.90. The summed E-state index contributed by atoms with van der Waals surface area (Å²) in [5.74, 6) is -0.144. The second-order valence-corrected chi connectivity index (χ2v) is 6.70. The van der Waals surface area contributed by atoms with Crippen LogP contribution in [0.3, 0.4) is 0 Å². The number of carbonyl (C=O) groups excluding carboxylic acids is 1. The molecule has 2 rings (SSSR count). The zero-order valence-electron chi connectivity index (χ0n) is 14.5. The van der Waals surface area contributed by atoms with Gasteiger partial charge in [-0.1, -0.05) is 6.07 Å². The van der Waals surface area contributed by atoms with Crippen LogP contribution in [0.15, 0.2) is 29.3 Å². The summed E-state index contributed by atoms with van der Waals surface area (Å²) in [6.07, 6.45) is 0.787. The van der Waals surface area contributed by atoms with E-state index in [-0.39, 0.29) is 12.5 Å². The van der Waals surface area contributed by atoms with Gasteiger partial charge in [0.1, 0.15) is 5.82 Å². The predicted molar refractivity (Wildman–Crippen MR) is 99.7 cm³/mol. The van der Waals surface area contributed by atoms with Crippen LogP contribution in [0.5, 0.6) is 0 Å². The highest BCUT2D eigenvalue weighted by Gasteiger charge is 2.06. The highest BCUT2D eigenvalue weighted by atomic mass is 32.1. The van der Waals surface area contributed by atoms with Crippen molar-refractivity contribution in [1.82, 2.24) is 15.6 Å². The van der Waals surface area contributed by atoms with Crippen molar-refractivity contribution in [2.75, 3.05) is 25.5 Å². The van der Waals surface area contributed by atoms with E-state index in [1.165, 1.54) is 17.0 Å². The molecule has 1 heterocycles. The number of benzene rings is 1. The summed E-state index contributed by atoms with van der Waals surface area (Å²) in [5, 5.41) is 9.76. The molecule has 0 fully saturated rings. The summed E-state index contributed by atoms with van der Waals surface area (Å²) in [7, 11) is 1.64. The number of nitrogens with zero attached hydrogens (tertiary/aromatic N) is 2. The number of anilines is 1. The van der Waals surface area contributed by atoms with E-state index in [0.717, 1.165) is 17.1 Å². The van der Waals surface area contributed by atoms with E-state index in [9.17, 15) is 9.18 Å². The van der Waals surface area contributed by atoms with Crippen molar-refractivity contribution in [3.63, 3.8) is 0 Å². The minimum Gasteiger partial charge on any atom is -0.356 e. The van der Waals surface area contributed by atoms with Gasteiger partial charge in [0.05, 0.1) is 17.2 Å². The average molecular weight is 363 g/mol. The third-order valence-corrected chi connectivity index (χ3v) is 4.59. The van der Waals surface area contributed by atoms with Gasteiger partial charge in [-0.2, -0.15) is 0 Å². The third-order valence-electron chi connectivity index (χ3n) is 3.45. The Labute approximate surface area is 150 Å². The van der Waals surface area contributed by atoms with Crippen LogP contribution in [0, 0.1) is 19.7 Å². The van der Waals surface area contributed by atoms with Crippen molar-refractivity contribution in [3.8, 4) is 0 Å². The molecule has 1 aromatic carbocycles. The number of guanidine groups is 1. The summed E-state index contributed by atoms with van der Waals surface area (Å²) < 4.78 is 13.1. The molecule has 0 radical (unpaired) electrons. The first-order chi connectivity index (χ1) is 12.0. The molecule has 0 aliphatic rings. The van der Waals surface area contributed by atoms with Gasteiger partial charge >= 0.3 is 0 Å². The van der Waals surface area contributed by atoms with Crippen LogP contribution in [0.1, 0.15) is 15.6 Å². The molecule has 0 atom stereocenters. The number of aryl methyl sites for hydroxylation is 2. The van der Waals surface area contributed by atoms with Gasteiger partial charge in [0.25, 0.3) is 0 Å². The Bertz CT molecular complexity index is 740. The largest absolute Gasteiger partial charge is 0.356 e. The number of carbonyl (C=O) groups is 1. The maximum atomic E-state index is 13.1. The number of aliphatic imine (C=N–C) groups is 1. The van der Waals surface area contributed by atoms with E-state index in [2.05, 4.69) is 32.9 Å². The Hall–Kier alpha value is -2.48. The predicted octanol–water partition coefficient (Wildman–Crippen LogP) is 2.25. The number of hydrogen-bond donors (Lipinski definition) is 3. The summed E-state index contributed by atoms with van der Waals surface area (Å²) in [4.78, 5) is 21.7. The SMILES string of the molecule is CN=C(NCCc1nc(C)c(C)s1)NCC(=O)Nc1cccc(F)c1. The molecule has 25 heavy (non-hydrogen) atoms. The molecule has 134 valence electrons. The van der Waals surface area contributed by atoms with Crippen LogP contribution in [-0.4, -0.2) is 37.0 Å². The Morgan fingerprint density at radius 2 is 2.12 bits per heavy atom. The molecular formula is C17H22FN5OS. The summed E-state index contributed by atoms with van der Waals surface area (Å²) in [5.41, 5.74) is 1.49. The Balaban J connectivity index is 1.73. The summed E-state index contributed by atoms with van der Waals surface area (Å²) in [6.45, 7) is 4.76. The fraction of sp³-hybridized carbons (Fsp3) is 0.353. The second kappa shape index (κ2) is 9.12. The highest BCUT2D eigenvalue weighted by Crippen LogP contribution is 2.16. The van der Waals surface area contributed by atoms with Crippen LogP contribution in [-0.2, 0) is 11.2 Å². The zero-order valence-corrected chi connectivity index (χ0v) is 15.3. The second-order valence-electron chi connectivity index (χ2n) is 5.41. The zero-order chi connectivity index (χ0) is 18.2. The van der Waals surface area contributed by atoms with Gasteiger partial charge in [0.2, 0.25) is 5.91 Å². The van der Waals surface area contributed by atoms with Crippen molar-refractivity contribution in [2.45, 2.75) is 20.3 Å². The average Bonchev–Trinajstić information content (AvgIpc) is 2.88. The maximum absolute atomic E-state index is 13.1. The van der Waals surface area contributed by atoms with Crippen molar-refractivity contribution in [2.24, 2.45) is 4.99 Å². The number of thiazole rings is 1. The lowest BCUT2D eigenvalue weighted by atomic mass is 10.3. The number of amides is 1. The molecule has 8 heteroatoms. The van der Waals surface area contributed by atoms with Gasteiger partial charge in [-0.05, 0) is 32.0 Å². The summed E-state index contributed by atoms with van der Waals surface area (Å²) in [6, 6.07) is 5.76. The molecular weight excluding hydrogens is 341 g/mol. The topological polar surface area (TPSA) is 78.4 Å².